The molecule has 1 spiro atoms. The summed E-state index contributed by atoms with van der Waals surface area (Å²) in [7, 11) is -3.38. The van der Waals surface area contributed by atoms with Gasteiger partial charge in [-0.05, 0) is 57.6 Å². The second-order valence-corrected chi connectivity index (χ2v) is 12.5. The largest absolute Gasteiger partial charge is 0.330 e. The van der Waals surface area contributed by atoms with Crippen molar-refractivity contribution in [3.63, 3.8) is 0 Å². The van der Waals surface area contributed by atoms with E-state index in [1.807, 2.05) is 29.2 Å². The topological polar surface area (TPSA) is 75.5 Å². The van der Waals surface area contributed by atoms with Crippen LogP contribution in [0.25, 0.3) is 0 Å². The molecule has 0 bridgehead atoms. The van der Waals surface area contributed by atoms with Gasteiger partial charge in [0.25, 0.3) is 0 Å². The highest BCUT2D eigenvalue weighted by Gasteiger charge is 2.60. The van der Waals surface area contributed by atoms with Gasteiger partial charge in [0.05, 0.1) is 17.5 Å². The summed E-state index contributed by atoms with van der Waals surface area (Å²) in [4.78, 5) is 20.7. The third kappa shape index (κ3) is 3.44. The Balaban J connectivity index is 1.48. The van der Waals surface area contributed by atoms with Crippen LogP contribution in [-0.2, 0) is 46.2 Å². The van der Waals surface area contributed by atoms with Gasteiger partial charge >= 0.3 is 0 Å². The number of carbonyl (C=O) groups is 1. The summed E-state index contributed by atoms with van der Waals surface area (Å²) in [5.74, 6) is 0.962. The standard InChI is InChI=1S/C25H34N4O3S/c1-4-5-14-28-22-13-9-7-11-20(22)26-23(28)15-29-21-12-8-6-10-19(21)25(24(29)30)16-27(17-25)33(31,32)18(2)3/h6,8,10,12,18H,4-5,7,9,11,13-17H2,1-3H3. The maximum atomic E-state index is 13.8. The molecule has 3 aliphatic rings. The number of aryl methyl sites for hydroxylation is 1. The van der Waals surface area contributed by atoms with Crippen molar-refractivity contribution < 1.29 is 13.2 Å². The molecule has 33 heavy (non-hydrogen) atoms. The molecule has 0 radical (unpaired) electrons. The molecule has 2 aliphatic heterocycles. The second-order valence-electron chi connectivity index (χ2n) is 9.99. The van der Waals surface area contributed by atoms with Gasteiger partial charge in [0.15, 0.2) is 0 Å². The van der Waals surface area contributed by atoms with Gasteiger partial charge in [-0.15, -0.1) is 0 Å². The minimum absolute atomic E-state index is 0.00178. The lowest BCUT2D eigenvalue weighted by Gasteiger charge is -2.46. The number of aromatic nitrogens is 2. The summed E-state index contributed by atoms with van der Waals surface area (Å²) < 4.78 is 29.2. The fourth-order valence-corrected chi connectivity index (χ4v) is 6.99. The van der Waals surface area contributed by atoms with Crippen molar-refractivity contribution in [2.24, 2.45) is 0 Å². The second kappa shape index (κ2) is 8.24. The number of nitrogens with zero attached hydrogens (tertiary/aromatic N) is 4. The molecule has 1 saturated heterocycles. The quantitative estimate of drug-likeness (QED) is 0.622. The zero-order valence-corrected chi connectivity index (χ0v) is 20.7. The van der Waals surface area contributed by atoms with E-state index >= 15 is 0 Å². The first-order valence-corrected chi connectivity index (χ1v) is 13.8. The van der Waals surface area contributed by atoms with Gasteiger partial charge in [0.2, 0.25) is 15.9 Å². The molecule has 8 heteroatoms. The van der Waals surface area contributed by atoms with E-state index in [2.05, 4.69) is 11.5 Å². The lowest BCUT2D eigenvalue weighted by molar-refractivity contribution is -0.127. The summed E-state index contributed by atoms with van der Waals surface area (Å²) in [5.41, 5.74) is 3.60. The Morgan fingerprint density at radius 1 is 1.12 bits per heavy atom. The van der Waals surface area contributed by atoms with E-state index in [1.165, 1.54) is 28.5 Å². The van der Waals surface area contributed by atoms with Crippen LogP contribution < -0.4 is 4.90 Å². The number of unbranched alkanes of at least 4 members (excludes halogenated alkanes) is 1. The van der Waals surface area contributed by atoms with Crippen molar-refractivity contribution in [2.45, 2.75) is 83.1 Å². The molecule has 0 atom stereocenters. The number of para-hydroxylation sites is 1. The Kier molecular flexibility index (Phi) is 5.64. The molecule has 1 amide bonds. The lowest BCUT2D eigenvalue weighted by Crippen LogP contribution is -2.66. The average Bonchev–Trinajstić information content (AvgIpc) is 3.24. The van der Waals surface area contributed by atoms with E-state index < -0.39 is 20.7 Å². The average molecular weight is 471 g/mol. The zero-order chi connectivity index (χ0) is 23.4. The SMILES string of the molecule is CCCCn1c(CN2C(=O)C3(CN(S(=O)(=O)C(C)C)C3)c3ccccc32)nc2c1CCCC2. The first kappa shape index (κ1) is 22.6. The molecule has 5 rings (SSSR count). The molecule has 2 aromatic rings. The molecule has 7 nitrogen and oxygen atoms in total. The number of rotatable bonds is 7. The Bertz CT molecular complexity index is 1180. The highest BCUT2D eigenvalue weighted by Crippen LogP contribution is 2.49. The van der Waals surface area contributed by atoms with E-state index in [-0.39, 0.29) is 19.0 Å². The minimum atomic E-state index is -3.38. The number of imidazole rings is 1. The van der Waals surface area contributed by atoms with Crippen molar-refractivity contribution >= 4 is 21.6 Å². The number of fused-ring (bicyclic) bond motifs is 3. The van der Waals surface area contributed by atoms with Crippen molar-refractivity contribution in [3.8, 4) is 0 Å². The summed E-state index contributed by atoms with van der Waals surface area (Å²) in [6, 6.07) is 7.87. The van der Waals surface area contributed by atoms with Crippen LogP contribution in [0, 0.1) is 0 Å². The highest BCUT2D eigenvalue weighted by molar-refractivity contribution is 7.89. The first-order valence-electron chi connectivity index (χ1n) is 12.3. The molecule has 0 unspecified atom stereocenters. The van der Waals surface area contributed by atoms with E-state index in [1.54, 1.807) is 13.8 Å². The van der Waals surface area contributed by atoms with Crippen LogP contribution in [-0.4, -0.2) is 46.5 Å². The van der Waals surface area contributed by atoms with Crippen LogP contribution in [0.3, 0.4) is 0 Å². The number of hydrogen-bond donors (Lipinski definition) is 0. The molecule has 1 aromatic carbocycles. The highest BCUT2D eigenvalue weighted by atomic mass is 32.2. The van der Waals surface area contributed by atoms with Crippen molar-refractivity contribution in [1.82, 2.24) is 13.9 Å². The molecule has 1 aliphatic carbocycles. The molecule has 178 valence electrons. The molecule has 3 heterocycles. The molecular weight excluding hydrogens is 436 g/mol. The van der Waals surface area contributed by atoms with E-state index in [0.717, 1.165) is 49.3 Å². The van der Waals surface area contributed by atoms with Gasteiger partial charge in [0, 0.05) is 31.0 Å². The number of anilines is 1. The maximum absolute atomic E-state index is 13.8. The number of carbonyl (C=O) groups excluding carboxylic acids is 1. The number of sulfonamides is 1. The van der Waals surface area contributed by atoms with Gasteiger partial charge in [-0.3, -0.25) is 4.79 Å². The maximum Gasteiger partial charge on any atom is 0.240 e. The number of hydrogen-bond acceptors (Lipinski definition) is 4. The predicted molar refractivity (Wildman–Crippen MR) is 129 cm³/mol. The van der Waals surface area contributed by atoms with Crippen molar-refractivity contribution in [2.75, 3.05) is 18.0 Å². The van der Waals surface area contributed by atoms with Gasteiger partial charge in [0.1, 0.15) is 11.2 Å². The Hall–Kier alpha value is -2.19. The van der Waals surface area contributed by atoms with Gasteiger partial charge in [-0.2, -0.15) is 4.31 Å². The summed E-state index contributed by atoms with van der Waals surface area (Å²) in [5, 5.41) is -0.491. The lowest BCUT2D eigenvalue weighted by atomic mass is 9.76. The fourth-order valence-electron chi connectivity index (χ4n) is 5.59. The number of benzene rings is 1. The van der Waals surface area contributed by atoms with Crippen molar-refractivity contribution in [1.29, 1.82) is 0 Å². The van der Waals surface area contributed by atoms with Gasteiger partial charge in [-0.1, -0.05) is 31.5 Å². The number of amides is 1. The van der Waals surface area contributed by atoms with Gasteiger partial charge in [-0.25, -0.2) is 13.4 Å². The normalized spacial score (nSPS) is 19.8. The third-order valence-electron chi connectivity index (χ3n) is 7.56. The molecular formula is C25H34N4O3S. The predicted octanol–water partition coefficient (Wildman–Crippen LogP) is 3.40. The summed E-state index contributed by atoms with van der Waals surface area (Å²) in [6.45, 7) is 7.39. The molecule has 0 saturated carbocycles. The zero-order valence-electron chi connectivity index (χ0n) is 19.9. The molecule has 0 N–H and O–H groups in total. The van der Waals surface area contributed by atoms with Crippen LogP contribution in [0.15, 0.2) is 24.3 Å². The Morgan fingerprint density at radius 3 is 2.58 bits per heavy atom. The Labute approximate surface area is 196 Å². The summed E-state index contributed by atoms with van der Waals surface area (Å²) >= 11 is 0. The Morgan fingerprint density at radius 2 is 1.85 bits per heavy atom. The van der Waals surface area contributed by atoms with Crippen LogP contribution in [0.1, 0.15) is 69.2 Å². The van der Waals surface area contributed by atoms with Crippen LogP contribution >= 0.6 is 0 Å². The van der Waals surface area contributed by atoms with E-state index in [9.17, 15) is 13.2 Å². The van der Waals surface area contributed by atoms with Gasteiger partial charge < -0.3 is 9.47 Å². The summed E-state index contributed by atoms with van der Waals surface area (Å²) in [6.07, 6.45) is 6.64. The van der Waals surface area contributed by atoms with Crippen molar-refractivity contribution in [3.05, 3.63) is 47.0 Å². The fraction of sp³-hybridized carbons (Fsp3) is 0.600. The molecule has 1 fully saturated rings. The van der Waals surface area contributed by atoms with E-state index in [0.29, 0.717) is 6.54 Å². The monoisotopic (exact) mass is 470 g/mol. The third-order valence-corrected chi connectivity index (χ3v) is 9.73. The van der Waals surface area contributed by atoms with E-state index in [4.69, 9.17) is 4.98 Å². The first-order chi connectivity index (χ1) is 15.8. The molecule has 1 aromatic heterocycles. The smallest absolute Gasteiger partial charge is 0.240 e. The van der Waals surface area contributed by atoms with Crippen LogP contribution in [0.5, 0.6) is 0 Å². The minimum Gasteiger partial charge on any atom is -0.330 e. The van der Waals surface area contributed by atoms with Crippen LogP contribution in [0.2, 0.25) is 0 Å². The van der Waals surface area contributed by atoms with Crippen LogP contribution in [0.4, 0.5) is 5.69 Å².